The molecule has 4 heteroatoms. The third kappa shape index (κ3) is 34.7. The van der Waals surface area contributed by atoms with Crippen LogP contribution < -0.4 is 0 Å². The highest BCUT2D eigenvalue weighted by Crippen LogP contribution is 2.15. The van der Waals surface area contributed by atoms with Crippen LogP contribution in [0.5, 0.6) is 0 Å². The highest BCUT2D eigenvalue weighted by molar-refractivity contribution is 5.69. The normalized spacial score (nSPS) is 11.4. The number of carbonyl (C=O) groups is 2. The van der Waals surface area contributed by atoms with Crippen molar-refractivity contribution in [1.82, 2.24) is 0 Å². The number of allylic oxidation sites excluding steroid dienone is 2. The molecule has 0 aliphatic rings. The molecule has 0 aliphatic carbocycles. The minimum Gasteiger partial charge on any atom is -0.481 e. The molecule has 0 amide bonds. The van der Waals surface area contributed by atoms with Crippen molar-refractivity contribution in [2.75, 3.05) is 6.61 Å². The number of aliphatic carboxylic acids is 1. The number of hydrogen-bond donors (Lipinski definition) is 1. The molecule has 0 saturated carbocycles. The van der Waals surface area contributed by atoms with Gasteiger partial charge in [-0.15, -0.1) is 0 Å². The van der Waals surface area contributed by atoms with Gasteiger partial charge in [0, 0.05) is 12.8 Å². The van der Waals surface area contributed by atoms with E-state index in [1.54, 1.807) is 0 Å². The molecule has 4 nitrogen and oxygen atoms in total. The van der Waals surface area contributed by atoms with Crippen molar-refractivity contribution in [3.05, 3.63) is 12.2 Å². The summed E-state index contributed by atoms with van der Waals surface area (Å²) in [4.78, 5) is 22.4. The minimum absolute atomic E-state index is 0.000937. The summed E-state index contributed by atoms with van der Waals surface area (Å²) in [6, 6.07) is 0. The lowest BCUT2D eigenvalue weighted by Gasteiger charge is -2.05. The number of hydrogen-bond acceptors (Lipinski definition) is 3. The van der Waals surface area contributed by atoms with Gasteiger partial charge in [-0.05, 0) is 44.9 Å². The van der Waals surface area contributed by atoms with Crippen molar-refractivity contribution in [2.24, 2.45) is 0 Å². The number of carboxylic acids is 1. The fourth-order valence-electron chi connectivity index (χ4n) is 5.27. The molecule has 0 aliphatic heterocycles. The average molecular weight is 565 g/mol. The van der Waals surface area contributed by atoms with E-state index in [-0.39, 0.29) is 5.97 Å². The van der Waals surface area contributed by atoms with Crippen LogP contribution in [0.1, 0.15) is 200 Å². The van der Waals surface area contributed by atoms with E-state index in [0.29, 0.717) is 19.4 Å². The first kappa shape index (κ1) is 38.7. The van der Waals surface area contributed by atoms with Gasteiger partial charge in [-0.2, -0.15) is 0 Å². The zero-order valence-corrected chi connectivity index (χ0v) is 26.7. The van der Waals surface area contributed by atoms with Gasteiger partial charge in [-0.1, -0.05) is 154 Å². The molecular weight excluding hydrogens is 496 g/mol. The second kappa shape index (κ2) is 33.9. The van der Waals surface area contributed by atoms with Crippen LogP contribution in [0.2, 0.25) is 0 Å². The van der Waals surface area contributed by atoms with Crippen LogP contribution in [-0.4, -0.2) is 23.7 Å². The number of rotatable bonds is 33. The molecule has 0 aromatic heterocycles. The van der Waals surface area contributed by atoms with Crippen molar-refractivity contribution >= 4 is 11.9 Å². The first-order valence-corrected chi connectivity index (χ1v) is 17.7. The van der Waals surface area contributed by atoms with E-state index in [1.807, 2.05) is 0 Å². The molecule has 40 heavy (non-hydrogen) atoms. The van der Waals surface area contributed by atoms with E-state index in [0.717, 1.165) is 32.1 Å². The van der Waals surface area contributed by atoms with E-state index in [1.165, 1.54) is 148 Å². The molecule has 0 unspecified atom stereocenters. The quantitative estimate of drug-likeness (QED) is 0.0489. The van der Waals surface area contributed by atoms with Gasteiger partial charge in [0.2, 0.25) is 0 Å². The standard InChI is InChI=1S/C36H68O4/c1-2-3-4-5-6-7-8-14-18-21-24-27-30-33-36(39)40-34-31-28-25-22-19-16-13-11-9-10-12-15-17-20-23-26-29-32-35(37)38/h7-8H,2-6,9-34H2,1H3,(H,37,38)/b8-7-. The van der Waals surface area contributed by atoms with E-state index in [4.69, 9.17) is 9.84 Å². The Hall–Kier alpha value is -1.32. The zero-order valence-electron chi connectivity index (χ0n) is 26.7. The Kier molecular flexibility index (Phi) is 32.8. The van der Waals surface area contributed by atoms with Crippen LogP contribution in [0, 0.1) is 0 Å². The SMILES string of the molecule is CCCCCC/C=C\CCCCCCCC(=O)OCCCCCCCCCCCCCCCCCCCC(=O)O. The zero-order chi connectivity index (χ0) is 29.2. The van der Waals surface area contributed by atoms with Crippen LogP contribution in [0.4, 0.5) is 0 Å². The van der Waals surface area contributed by atoms with E-state index in [2.05, 4.69) is 19.1 Å². The second-order valence-corrected chi connectivity index (χ2v) is 12.0. The fourth-order valence-corrected chi connectivity index (χ4v) is 5.27. The number of carboxylic acid groups (broad SMARTS) is 1. The van der Waals surface area contributed by atoms with Crippen LogP contribution in [-0.2, 0) is 14.3 Å². The number of esters is 1. The predicted molar refractivity (Wildman–Crippen MR) is 172 cm³/mol. The summed E-state index contributed by atoms with van der Waals surface area (Å²) in [6.45, 7) is 2.87. The fraction of sp³-hybridized carbons (Fsp3) is 0.889. The van der Waals surface area contributed by atoms with E-state index in [9.17, 15) is 9.59 Å². The Morgan fingerprint density at radius 1 is 0.475 bits per heavy atom. The molecule has 0 fully saturated rings. The van der Waals surface area contributed by atoms with Gasteiger partial charge in [0.25, 0.3) is 0 Å². The molecule has 0 bridgehead atoms. The summed E-state index contributed by atoms with van der Waals surface area (Å²) in [5.74, 6) is -0.664. The molecule has 0 radical (unpaired) electrons. The molecule has 0 aromatic rings. The first-order chi connectivity index (χ1) is 19.7. The average Bonchev–Trinajstić information content (AvgIpc) is 2.94. The number of ether oxygens (including phenoxy) is 1. The third-order valence-electron chi connectivity index (χ3n) is 7.94. The molecule has 0 heterocycles. The Morgan fingerprint density at radius 3 is 1.25 bits per heavy atom. The Labute approximate surface area is 249 Å². The van der Waals surface area contributed by atoms with Crippen molar-refractivity contribution in [3.8, 4) is 0 Å². The van der Waals surface area contributed by atoms with Gasteiger partial charge in [-0.25, -0.2) is 0 Å². The van der Waals surface area contributed by atoms with E-state index < -0.39 is 5.97 Å². The molecule has 0 aromatic carbocycles. The molecule has 1 N–H and O–H groups in total. The lowest BCUT2D eigenvalue weighted by molar-refractivity contribution is -0.144. The lowest BCUT2D eigenvalue weighted by Crippen LogP contribution is -2.05. The second-order valence-electron chi connectivity index (χ2n) is 12.0. The predicted octanol–water partition coefficient (Wildman–Crippen LogP) is 11.9. The van der Waals surface area contributed by atoms with Crippen LogP contribution >= 0.6 is 0 Å². The molecule has 0 spiro atoms. The van der Waals surface area contributed by atoms with Crippen LogP contribution in [0.15, 0.2) is 12.2 Å². The van der Waals surface area contributed by atoms with Gasteiger partial charge in [0.1, 0.15) is 0 Å². The van der Waals surface area contributed by atoms with Crippen LogP contribution in [0.3, 0.4) is 0 Å². The van der Waals surface area contributed by atoms with Gasteiger partial charge >= 0.3 is 11.9 Å². The topological polar surface area (TPSA) is 63.6 Å². The summed E-state index contributed by atoms with van der Waals surface area (Å²) in [5, 5.41) is 8.63. The van der Waals surface area contributed by atoms with Crippen molar-refractivity contribution in [1.29, 1.82) is 0 Å². The monoisotopic (exact) mass is 565 g/mol. The maximum atomic E-state index is 11.9. The third-order valence-corrected chi connectivity index (χ3v) is 7.94. The Morgan fingerprint density at radius 2 is 0.825 bits per heavy atom. The summed E-state index contributed by atoms with van der Waals surface area (Å²) in [7, 11) is 0. The molecule has 0 atom stereocenters. The van der Waals surface area contributed by atoms with Gasteiger partial charge in [0.05, 0.1) is 6.61 Å². The van der Waals surface area contributed by atoms with Crippen LogP contribution in [0.25, 0.3) is 0 Å². The minimum atomic E-state index is -0.663. The summed E-state index contributed by atoms with van der Waals surface area (Å²) in [6.07, 6.45) is 40.7. The number of carbonyl (C=O) groups excluding carboxylic acids is 1. The van der Waals surface area contributed by atoms with Crippen molar-refractivity contribution in [3.63, 3.8) is 0 Å². The Balaban J connectivity index is 3.18. The van der Waals surface area contributed by atoms with Crippen molar-refractivity contribution in [2.45, 2.75) is 200 Å². The largest absolute Gasteiger partial charge is 0.481 e. The highest BCUT2D eigenvalue weighted by atomic mass is 16.5. The summed E-state index contributed by atoms with van der Waals surface area (Å²) in [5.41, 5.74) is 0. The summed E-state index contributed by atoms with van der Waals surface area (Å²) < 4.78 is 5.42. The van der Waals surface area contributed by atoms with Gasteiger partial charge in [0.15, 0.2) is 0 Å². The van der Waals surface area contributed by atoms with Crippen molar-refractivity contribution < 1.29 is 19.4 Å². The maximum Gasteiger partial charge on any atom is 0.305 e. The molecule has 0 saturated heterocycles. The molecular formula is C36H68O4. The first-order valence-electron chi connectivity index (χ1n) is 17.7. The van der Waals surface area contributed by atoms with E-state index >= 15 is 0 Å². The maximum absolute atomic E-state index is 11.9. The summed E-state index contributed by atoms with van der Waals surface area (Å²) >= 11 is 0. The Bertz CT molecular complexity index is 557. The lowest BCUT2D eigenvalue weighted by atomic mass is 10.0. The molecule has 236 valence electrons. The molecule has 0 rings (SSSR count). The van der Waals surface area contributed by atoms with Gasteiger partial charge in [-0.3, -0.25) is 9.59 Å². The highest BCUT2D eigenvalue weighted by Gasteiger charge is 2.02. The number of unbranched alkanes of at least 4 members (excludes halogenated alkanes) is 25. The smallest absolute Gasteiger partial charge is 0.305 e. The van der Waals surface area contributed by atoms with Gasteiger partial charge < -0.3 is 9.84 Å².